The average molecular weight is 637 g/mol. The van der Waals surface area contributed by atoms with Gasteiger partial charge < -0.3 is 31.9 Å². The zero-order chi connectivity index (χ0) is 34.4. The van der Waals surface area contributed by atoms with Crippen LogP contribution in [0.4, 0.5) is 16.2 Å². The van der Waals surface area contributed by atoms with Crippen molar-refractivity contribution in [1.82, 2.24) is 15.1 Å². The van der Waals surface area contributed by atoms with E-state index in [1.165, 1.54) is 16.7 Å². The molecule has 2 heterocycles. The van der Waals surface area contributed by atoms with Gasteiger partial charge in [0.25, 0.3) is 0 Å². The maximum atomic E-state index is 12.2. The average Bonchev–Trinajstić information content (AvgIpc) is 3.04. The fourth-order valence-corrected chi connectivity index (χ4v) is 5.27. The number of nitrogens with one attached hydrogen (secondary N) is 2. The van der Waals surface area contributed by atoms with Gasteiger partial charge >= 0.3 is 6.03 Å². The van der Waals surface area contributed by atoms with Crippen LogP contribution in [0.3, 0.4) is 0 Å². The number of piperidine rings is 2. The van der Waals surface area contributed by atoms with E-state index in [2.05, 4.69) is 31.4 Å². The summed E-state index contributed by atoms with van der Waals surface area (Å²) in [6, 6.07) is 12.1. The number of hydrogen-bond donors (Lipinski definition) is 4. The van der Waals surface area contributed by atoms with E-state index >= 15 is 0 Å². The monoisotopic (exact) mass is 636 g/mol. The molecule has 0 aromatic heterocycles. The van der Waals surface area contributed by atoms with Crippen LogP contribution in [-0.2, 0) is 9.59 Å². The highest BCUT2D eigenvalue weighted by atomic mass is 16.2. The van der Waals surface area contributed by atoms with Crippen LogP contribution < -0.4 is 22.1 Å². The first kappa shape index (κ1) is 38.6. The summed E-state index contributed by atoms with van der Waals surface area (Å²) in [6.07, 6.45) is 5.34. The van der Waals surface area contributed by atoms with E-state index in [4.69, 9.17) is 11.5 Å². The number of hydrogen-bond acceptors (Lipinski definition) is 5. The predicted molar refractivity (Wildman–Crippen MR) is 191 cm³/mol. The number of benzene rings is 2. The van der Waals surface area contributed by atoms with Crippen molar-refractivity contribution in [2.45, 2.75) is 106 Å². The lowest BCUT2D eigenvalue weighted by Gasteiger charge is -2.33. The minimum atomic E-state index is -0.176. The molecule has 0 spiro atoms. The molecule has 2 saturated heterocycles. The molecule has 9 nitrogen and oxygen atoms in total. The number of nitrogens with two attached hydrogens (primary N) is 2. The lowest BCUT2D eigenvalue weighted by atomic mass is 10.0. The summed E-state index contributed by atoms with van der Waals surface area (Å²) in [5.74, 6) is 0.793. The molecule has 2 aromatic rings. The van der Waals surface area contributed by atoms with E-state index in [0.29, 0.717) is 11.9 Å². The number of nitrogens with zero attached hydrogens (tertiary/aromatic N) is 2. The Balaban J connectivity index is 0.000000278. The molecule has 256 valence electrons. The number of urea groups is 1. The van der Waals surface area contributed by atoms with Crippen molar-refractivity contribution in [3.8, 4) is 0 Å². The number of aryl methyl sites for hydroxylation is 4. The van der Waals surface area contributed by atoms with Crippen LogP contribution in [0.2, 0.25) is 0 Å². The van der Waals surface area contributed by atoms with Gasteiger partial charge in [0.2, 0.25) is 11.8 Å². The molecular formula is C37H60N6O3. The van der Waals surface area contributed by atoms with E-state index < -0.39 is 0 Å². The van der Waals surface area contributed by atoms with Crippen molar-refractivity contribution in [3.63, 3.8) is 0 Å². The van der Waals surface area contributed by atoms with Crippen molar-refractivity contribution >= 4 is 29.2 Å². The zero-order valence-corrected chi connectivity index (χ0v) is 29.6. The number of likely N-dealkylation sites (tertiary alicyclic amines) is 2. The lowest BCUT2D eigenvalue weighted by Crippen LogP contribution is -2.48. The Kier molecular flexibility index (Phi) is 16.1. The van der Waals surface area contributed by atoms with Crippen molar-refractivity contribution < 1.29 is 14.4 Å². The maximum absolute atomic E-state index is 12.2. The highest BCUT2D eigenvalue weighted by Crippen LogP contribution is 2.17. The molecule has 46 heavy (non-hydrogen) atoms. The molecule has 0 bridgehead atoms. The van der Waals surface area contributed by atoms with Crippen LogP contribution in [0.5, 0.6) is 0 Å². The van der Waals surface area contributed by atoms with Crippen LogP contribution in [-0.4, -0.2) is 65.9 Å². The number of amides is 4. The van der Waals surface area contributed by atoms with Gasteiger partial charge in [-0.1, -0.05) is 39.8 Å². The summed E-state index contributed by atoms with van der Waals surface area (Å²) >= 11 is 0. The van der Waals surface area contributed by atoms with Crippen LogP contribution in [0, 0.1) is 39.5 Å². The molecule has 9 heteroatoms. The molecule has 0 unspecified atom stereocenters. The minimum Gasteiger partial charge on any atom is -0.399 e. The number of carbonyl (C=O) groups excluding carboxylic acids is 3. The largest absolute Gasteiger partial charge is 0.399 e. The summed E-state index contributed by atoms with van der Waals surface area (Å²) in [7, 11) is 0. The predicted octanol–water partition coefficient (Wildman–Crippen LogP) is 6.33. The van der Waals surface area contributed by atoms with Crippen molar-refractivity contribution in [2.75, 3.05) is 37.2 Å². The molecule has 2 atom stereocenters. The van der Waals surface area contributed by atoms with E-state index in [9.17, 15) is 14.4 Å². The van der Waals surface area contributed by atoms with E-state index in [0.717, 1.165) is 81.6 Å². The van der Waals surface area contributed by atoms with E-state index in [1.54, 1.807) is 0 Å². The molecule has 0 saturated carbocycles. The van der Waals surface area contributed by atoms with Crippen LogP contribution in [0.15, 0.2) is 36.4 Å². The van der Waals surface area contributed by atoms with Gasteiger partial charge in [-0.25, -0.2) is 4.79 Å². The first-order chi connectivity index (χ1) is 21.7. The second-order valence-corrected chi connectivity index (χ2v) is 13.1. The molecule has 0 aliphatic carbocycles. The van der Waals surface area contributed by atoms with Crippen LogP contribution in [0.1, 0.15) is 88.5 Å². The number of rotatable bonds is 6. The quantitative estimate of drug-likeness (QED) is 0.275. The number of anilines is 2. The first-order valence-electron chi connectivity index (χ1n) is 17.1. The summed E-state index contributed by atoms with van der Waals surface area (Å²) in [5, 5.41) is 5.90. The molecule has 4 amide bonds. The van der Waals surface area contributed by atoms with Gasteiger partial charge in [-0.05, 0) is 113 Å². The Morgan fingerprint density at radius 2 is 1.20 bits per heavy atom. The van der Waals surface area contributed by atoms with Gasteiger partial charge in [-0.15, -0.1) is 0 Å². The van der Waals surface area contributed by atoms with Gasteiger partial charge in [0.15, 0.2) is 0 Å². The van der Waals surface area contributed by atoms with Crippen LogP contribution >= 0.6 is 0 Å². The second-order valence-electron chi connectivity index (χ2n) is 13.1. The second kappa shape index (κ2) is 19.2. The third-order valence-corrected chi connectivity index (χ3v) is 9.36. The first-order valence-corrected chi connectivity index (χ1v) is 17.1. The zero-order valence-electron chi connectivity index (χ0n) is 29.6. The van der Waals surface area contributed by atoms with Gasteiger partial charge in [-0.3, -0.25) is 9.59 Å². The van der Waals surface area contributed by atoms with Crippen molar-refractivity contribution in [2.24, 2.45) is 17.6 Å². The molecule has 2 fully saturated rings. The SMILES string of the molecule is CC[C@H](C)C(=O)N1CCC(N)CC1.CC[C@H](C)C(=O)N1CCC(NC(=O)Nc2ccc(C)c(C)c2)CC1.Cc1ccc(N)cc1C. The van der Waals surface area contributed by atoms with E-state index in [1.807, 2.05) is 80.8 Å². The van der Waals surface area contributed by atoms with Crippen molar-refractivity contribution in [1.29, 1.82) is 0 Å². The standard InChI is InChI=1S/C19H29N3O2.C10H20N2O.C8H11N/c1-5-13(2)18(23)22-10-8-16(9-11-22)20-19(24)21-17-7-6-14(3)15(4)12-17;1-3-8(2)10(13)12-6-4-9(11)5-7-12;1-6-3-4-8(9)5-7(6)2/h6-7,12-13,16H,5,8-11H2,1-4H3,(H2,20,21,24);8-9H,3-7,11H2,1-2H3;3-5H,9H2,1-2H3/t13-;8-;/m00./s1. The summed E-state index contributed by atoms with van der Waals surface area (Å²) < 4.78 is 0. The molecular weight excluding hydrogens is 576 g/mol. The highest BCUT2D eigenvalue weighted by molar-refractivity contribution is 5.89. The minimum absolute atomic E-state index is 0.0857. The summed E-state index contributed by atoms with van der Waals surface area (Å²) in [4.78, 5) is 39.9. The maximum Gasteiger partial charge on any atom is 0.319 e. The fraction of sp³-hybridized carbons (Fsp3) is 0.595. The number of carbonyl (C=O) groups is 3. The molecule has 4 rings (SSSR count). The lowest BCUT2D eigenvalue weighted by molar-refractivity contribution is -0.136. The van der Waals surface area contributed by atoms with Crippen molar-refractivity contribution in [3.05, 3.63) is 58.7 Å². The Morgan fingerprint density at radius 1 is 0.739 bits per heavy atom. The van der Waals surface area contributed by atoms with Gasteiger partial charge in [0, 0.05) is 61.5 Å². The fourth-order valence-electron chi connectivity index (χ4n) is 5.27. The molecule has 2 aliphatic rings. The Morgan fingerprint density at radius 3 is 1.63 bits per heavy atom. The van der Waals surface area contributed by atoms with Crippen LogP contribution in [0.25, 0.3) is 0 Å². The molecule has 6 N–H and O–H groups in total. The smallest absolute Gasteiger partial charge is 0.319 e. The van der Waals surface area contributed by atoms with E-state index in [-0.39, 0.29) is 29.8 Å². The van der Waals surface area contributed by atoms with Gasteiger partial charge in [0.05, 0.1) is 0 Å². The molecule has 2 aromatic carbocycles. The third-order valence-electron chi connectivity index (χ3n) is 9.36. The summed E-state index contributed by atoms with van der Waals surface area (Å²) in [5.41, 5.74) is 17.9. The Hall–Kier alpha value is -3.59. The molecule has 2 aliphatic heterocycles. The Bertz CT molecular complexity index is 1270. The highest BCUT2D eigenvalue weighted by Gasteiger charge is 2.26. The number of nitrogen functional groups attached to an aromatic ring is 1. The normalized spacial score (nSPS) is 16.6. The summed E-state index contributed by atoms with van der Waals surface area (Å²) in [6.45, 7) is 19.4. The Labute approximate surface area is 277 Å². The van der Waals surface area contributed by atoms with Gasteiger partial charge in [0.1, 0.15) is 0 Å². The third kappa shape index (κ3) is 12.7. The van der Waals surface area contributed by atoms with Gasteiger partial charge in [-0.2, -0.15) is 0 Å². The topological polar surface area (TPSA) is 134 Å². The molecule has 0 radical (unpaired) electrons.